The number of hydrogen-bond acceptors (Lipinski definition) is 2. The number of benzene rings is 2. The van der Waals surface area contributed by atoms with E-state index >= 15 is 0 Å². The van der Waals surface area contributed by atoms with Crippen molar-refractivity contribution in [1.82, 2.24) is 5.32 Å². The molecule has 124 valence electrons. The molecule has 0 saturated carbocycles. The van der Waals surface area contributed by atoms with Gasteiger partial charge in [0.1, 0.15) is 12.4 Å². The first-order chi connectivity index (χ1) is 10.9. The molecule has 0 radical (unpaired) electrons. The first-order valence-corrected chi connectivity index (χ1v) is 8.56. The Labute approximate surface area is 148 Å². The summed E-state index contributed by atoms with van der Waals surface area (Å²) in [4.78, 5) is 0. The van der Waals surface area contributed by atoms with Crippen LogP contribution in [0.5, 0.6) is 5.75 Å². The smallest absolute Gasteiger partial charge is 0.124 e. The molecule has 0 heterocycles. The molecule has 2 nitrogen and oxygen atoms in total. The van der Waals surface area contributed by atoms with Gasteiger partial charge in [-0.25, -0.2) is 0 Å². The Morgan fingerprint density at radius 3 is 2.48 bits per heavy atom. The maximum absolute atomic E-state index is 6.14. The third-order valence-corrected chi connectivity index (χ3v) is 4.42. The maximum Gasteiger partial charge on any atom is 0.124 e. The number of hydrogen-bond donors (Lipinski definition) is 1. The summed E-state index contributed by atoms with van der Waals surface area (Å²) < 4.78 is 5.97. The van der Waals surface area contributed by atoms with Crippen molar-refractivity contribution >= 4 is 23.2 Å². The Hall–Kier alpha value is -1.22. The van der Waals surface area contributed by atoms with Crippen LogP contribution in [0.15, 0.2) is 42.5 Å². The van der Waals surface area contributed by atoms with Gasteiger partial charge in [0.05, 0.1) is 0 Å². The van der Waals surface area contributed by atoms with Gasteiger partial charge in [-0.3, -0.25) is 0 Å². The SMILES string of the molecule is CCC(C)(C)NCc1cc(Cl)ccc1OCc1cccc(Cl)c1. The Bertz CT molecular complexity index is 656. The van der Waals surface area contributed by atoms with Crippen molar-refractivity contribution in [3.63, 3.8) is 0 Å². The Morgan fingerprint density at radius 2 is 1.78 bits per heavy atom. The number of rotatable bonds is 7. The van der Waals surface area contributed by atoms with Crippen molar-refractivity contribution in [2.75, 3.05) is 0 Å². The fourth-order valence-corrected chi connectivity index (χ4v) is 2.48. The summed E-state index contributed by atoms with van der Waals surface area (Å²) in [7, 11) is 0. The van der Waals surface area contributed by atoms with Gasteiger partial charge >= 0.3 is 0 Å². The highest BCUT2D eigenvalue weighted by molar-refractivity contribution is 6.30. The molecule has 0 aliphatic carbocycles. The molecule has 2 aromatic rings. The molecule has 0 amide bonds. The standard InChI is InChI=1S/C19H23Cl2NO/c1-4-19(2,3)22-12-15-11-17(21)8-9-18(15)23-13-14-6-5-7-16(20)10-14/h5-11,22H,4,12-13H2,1-3H3. The third kappa shape index (κ3) is 5.72. The minimum atomic E-state index is 0.0759. The van der Waals surface area contributed by atoms with Crippen molar-refractivity contribution in [3.05, 3.63) is 63.6 Å². The first-order valence-electron chi connectivity index (χ1n) is 7.80. The van der Waals surface area contributed by atoms with E-state index in [1.54, 1.807) is 0 Å². The average Bonchev–Trinajstić information content (AvgIpc) is 2.52. The highest BCUT2D eigenvalue weighted by atomic mass is 35.5. The largest absolute Gasteiger partial charge is 0.489 e. The monoisotopic (exact) mass is 351 g/mol. The van der Waals surface area contributed by atoms with Gasteiger partial charge in [0.2, 0.25) is 0 Å². The summed E-state index contributed by atoms with van der Waals surface area (Å²) in [6.45, 7) is 7.73. The van der Waals surface area contributed by atoms with Crippen molar-refractivity contribution in [3.8, 4) is 5.75 Å². The Kier molecular flexibility index (Phi) is 6.34. The van der Waals surface area contributed by atoms with Crippen LogP contribution in [0.1, 0.15) is 38.3 Å². The van der Waals surface area contributed by atoms with E-state index in [4.69, 9.17) is 27.9 Å². The molecule has 23 heavy (non-hydrogen) atoms. The van der Waals surface area contributed by atoms with E-state index in [0.717, 1.165) is 23.3 Å². The zero-order valence-corrected chi connectivity index (χ0v) is 15.3. The van der Waals surface area contributed by atoms with Crippen molar-refractivity contribution in [1.29, 1.82) is 0 Å². The highest BCUT2D eigenvalue weighted by Crippen LogP contribution is 2.25. The molecule has 0 aliphatic heterocycles. The van der Waals surface area contributed by atoms with Gasteiger partial charge in [-0.15, -0.1) is 0 Å². The predicted octanol–water partition coefficient (Wildman–Crippen LogP) is 5.85. The van der Waals surface area contributed by atoms with Gasteiger partial charge in [-0.1, -0.05) is 42.3 Å². The summed E-state index contributed by atoms with van der Waals surface area (Å²) >= 11 is 12.1. The van der Waals surface area contributed by atoms with Gasteiger partial charge in [0.15, 0.2) is 0 Å². The zero-order valence-electron chi connectivity index (χ0n) is 13.8. The molecule has 0 bridgehead atoms. The van der Waals surface area contributed by atoms with Crippen LogP contribution in [0, 0.1) is 0 Å². The number of ether oxygens (including phenoxy) is 1. The fourth-order valence-electron chi connectivity index (χ4n) is 2.07. The molecule has 0 aromatic heterocycles. The van der Waals surface area contributed by atoms with Gasteiger partial charge < -0.3 is 10.1 Å². The van der Waals surface area contributed by atoms with E-state index in [2.05, 4.69) is 26.1 Å². The second kappa shape index (κ2) is 8.05. The summed E-state index contributed by atoms with van der Waals surface area (Å²) in [6.07, 6.45) is 1.05. The fraction of sp³-hybridized carbons (Fsp3) is 0.368. The Balaban J connectivity index is 2.09. The number of halogens is 2. The molecular formula is C19H23Cl2NO. The second-order valence-electron chi connectivity index (χ2n) is 6.26. The minimum Gasteiger partial charge on any atom is -0.489 e. The van der Waals surface area contributed by atoms with Gasteiger partial charge in [-0.2, -0.15) is 0 Å². The molecule has 0 aliphatic rings. The first kappa shape index (κ1) is 18.1. The molecule has 0 spiro atoms. The van der Waals surface area contributed by atoms with Crippen LogP contribution in [-0.2, 0) is 13.2 Å². The molecular weight excluding hydrogens is 329 g/mol. The lowest BCUT2D eigenvalue weighted by Crippen LogP contribution is -2.37. The molecule has 2 aromatic carbocycles. The van der Waals surface area contributed by atoms with Crippen LogP contribution < -0.4 is 10.1 Å². The molecule has 0 fully saturated rings. The van der Waals surface area contributed by atoms with Gasteiger partial charge in [-0.05, 0) is 56.2 Å². The normalized spacial score (nSPS) is 11.5. The lowest BCUT2D eigenvalue weighted by Gasteiger charge is -2.25. The average molecular weight is 352 g/mol. The van der Waals surface area contributed by atoms with Gasteiger partial charge in [0, 0.05) is 27.7 Å². The lowest BCUT2D eigenvalue weighted by atomic mass is 10.0. The van der Waals surface area contributed by atoms with Crippen LogP contribution in [0.2, 0.25) is 10.0 Å². The van der Waals surface area contributed by atoms with E-state index in [0.29, 0.717) is 23.2 Å². The molecule has 1 N–H and O–H groups in total. The summed E-state index contributed by atoms with van der Waals surface area (Å²) in [5, 5.41) is 4.97. The quantitative estimate of drug-likeness (QED) is 0.675. The predicted molar refractivity (Wildman–Crippen MR) is 98.4 cm³/mol. The van der Waals surface area contributed by atoms with E-state index in [1.807, 2.05) is 42.5 Å². The maximum atomic E-state index is 6.14. The number of nitrogens with one attached hydrogen (secondary N) is 1. The van der Waals surface area contributed by atoms with Crippen molar-refractivity contribution in [2.45, 2.75) is 45.9 Å². The molecule has 4 heteroatoms. The Morgan fingerprint density at radius 1 is 1.04 bits per heavy atom. The lowest BCUT2D eigenvalue weighted by molar-refractivity contribution is 0.298. The van der Waals surface area contributed by atoms with Gasteiger partial charge in [0.25, 0.3) is 0 Å². The van der Waals surface area contributed by atoms with Crippen LogP contribution in [0.4, 0.5) is 0 Å². The van der Waals surface area contributed by atoms with Crippen LogP contribution in [-0.4, -0.2) is 5.54 Å². The van der Waals surface area contributed by atoms with Crippen LogP contribution >= 0.6 is 23.2 Å². The van der Waals surface area contributed by atoms with Crippen molar-refractivity contribution in [2.24, 2.45) is 0 Å². The summed E-state index contributed by atoms with van der Waals surface area (Å²) in [5.74, 6) is 0.841. The minimum absolute atomic E-state index is 0.0759. The summed E-state index contributed by atoms with van der Waals surface area (Å²) in [5.41, 5.74) is 2.17. The van der Waals surface area contributed by atoms with E-state index in [1.165, 1.54) is 0 Å². The topological polar surface area (TPSA) is 21.3 Å². The van der Waals surface area contributed by atoms with E-state index in [9.17, 15) is 0 Å². The van der Waals surface area contributed by atoms with Crippen molar-refractivity contribution < 1.29 is 4.74 Å². The van der Waals surface area contributed by atoms with Crippen LogP contribution in [0.25, 0.3) is 0 Å². The zero-order chi connectivity index (χ0) is 16.9. The van der Waals surface area contributed by atoms with Crippen LogP contribution in [0.3, 0.4) is 0 Å². The molecule has 0 saturated heterocycles. The molecule has 2 rings (SSSR count). The third-order valence-electron chi connectivity index (χ3n) is 3.95. The second-order valence-corrected chi connectivity index (χ2v) is 7.13. The molecule has 0 atom stereocenters. The highest BCUT2D eigenvalue weighted by Gasteiger charge is 2.15. The molecule has 0 unspecified atom stereocenters. The van der Waals surface area contributed by atoms with E-state index < -0.39 is 0 Å². The summed E-state index contributed by atoms with van der Waals surface area (Å²) in [6, 6.07) is 13.4. The van der Waals surface area contributed by atoms with E-state index in [-0.39, 0.29) is 5.54 Å².